The number of ketones is 1. The highest BCUT2D eigenvalue weighted by molar-refractivity contribution is 6.01. The van der Waals surface area contributed by atoms with Gasteiger partial charge in [-0.1, -0.05) is 45.9 Å². The van der Waals surface area contributed by atoms with E-state index in [1.165, 1.54) is 11.9 Å². The number of hydrogen-bond acceptors (Lipinski definition) is 5. The van der Waals surface area contributed by atoms with Gasteiger partial charge in [-0.2, -0.15) is 0 Å². The summed E-state index contributed by atoms with van der Waals surface area (Å²) in [5.41, 5.74) is 5.49. The predicted octanol–water partition coefficient (Wildman–Crippen LogP) is 1.14. The molecule has 1 fully saturated rings. The van der Waals surface area contributed by atoms with E-state index in [1.807, 2.05) is 27.7 Å². The molecule has 8 heteroatoms. The van der Waals surface area contributed by atoms with Gasteiger partial charge in [0, 0.05) is 12.6 Å². The molecule has 3 amide bonds. The summed E-state index contributed by atoms with van der Waals surface area (Å²) in [5, 5.41) is 2.81. The van der Waals surface area contributed by atoms with E-state index in [1.54, 1.807) is 30.3 Å². The third-order valence-corrected chi connectivity index (χ3v) is 6.00. The lowest BCUT2D eigenvalue weighted by molar-refractivity contribution is -0.141. The van der Waals surface area contributed by atoms with Gasteiger partial charge in [-0.05, 0) is 29.9 Å². The van der Waals surface area contributed by atoms with Crippen molar-refractivity contribution in [2.24, 2.45) is 17.1 Å². The van der Waals surface area contributed by atoms with Crippen LogP contribution in [0, 0.1) is 11.3 Å². The number of likely N-dealkylation sites (N-methyl/N-ethyl adjacent to an activating group) is 1. The maximum absolute atomic E-state index is 13.4. The first kappa shape index (κ1) is 23.5. The Labute approximate surface area is 177 Å². The van der Waals surface area contributed by atoms with E-state index in [-0.39, 0.29) is 23.8 Å². The number of hydrogen-bond donors (Lipinski definition) is 2. The Morgan fingerprint density at radius 1 is 1.23 bits per heavy atom. The lowest BCUT2D eigenvalue weighted by Crippen LogP contribution is -2.57. The molecule has 8 nitrogen and oxygen atoms in total. The molecular formula is C22H31N3O5. The van der Waals surface area contributed by atoms with Crippen LogP contribution >= 0.6 is 0 Å². The van der Waals surface area contributed by atoms with E-state index in [4.69, 9.17) is 10.5 Å². The molecule has 3 atom stereocenters. The van der Waals surface area contributed by atoms with Gasteiger partial charge in [0.1, 0.15) is 18.7 Å². The number of Topliss-reactive ketones (excluding diaryl/α,β-unsaturated/α-hetero) is 1. The minimum atomic E-state index is -1.20. The van der Waals surface area contributed by atoms with Crippen molar-refractivity contribution >= 4 is 23.5 Å². The summed E-state index contributed by atoms with van der Waals surface area (Å²) in [6, 6.07) is 6.60. The van der Waals surface area contributed by atoms with Crippen LogP contribution in [0.25, 0.3) is 0 Å². The lowest BCUT2D eigenvalue weighted by Gasteiger charge is -2.36. The van der Waals surface area contributed by atoms with Crippen molar-refractivity contribution in [1.82, 2.24) is 10.2 Å². The molecule has 1 saturated heterocycles. The molecule has 2 unspecified atom stereocenters. The zero-order valence-corrected chi connectivity index (χ0v) is 18.2. The maximum atomic E-state index is 13.4. The van der Waals surface area contributed by atoms with Crippen molar-refractivity contribution < 1.29 is 23.9 Å². The molecule has 1 heterocycles. The normalized spacial score (nSPS) is 20.1. The van der Waals surface area contributed by atoms with Crippen LogP contribution in [0.4, 0.5) is 0 Å². The molecule has 0 aliphatic carbocycles. The van der Waals surface area contributed by atoms with Crippen LogP contribution in [0.1, 0.15) is 44.5 Å². The van der Waals surface area contributed by atoms with Crippen molar-refractivity contribution in [2.75, 3.05) is 13.7 Å². The van der Waals surface area contributed by atoms with E-state index in [0.29, 0.717) is 12.0 Å². The van der Waals surface area contributed by atoms with Gasteiger partial charge in [0.25, 0.3) is 5.91 Å². The zero-order valence-electron chi connectivity index (χ0n) is 18.2. The Bertz CT molecular complexity index is 806. The summed E-state index contributed by atoms with van der Waals surface area (Å²) in [4.78, 5) is 51.2. The molecule has 1 aromatic carbocycles. The monoisotopic (exact) mass is 417 g/mol. The number of ether oxygens (including phenoxy) is 1. The Hall–Kier alpha value is -2.74. The number of carbonyl (C=O) groups excluding carboxylic acids is 4. The summed E-state index contributed by atoms with van der Waals surface area (Å²) in [6.07, 6.45) is -0.842. The molecular weight excluding hydrogens is 386 g/mol. The van der Waals surface area contributed by atoms with Crippen LogP contribution in [0.3, 0.4) is 0 Å². The number of rotatable bonds is 8. The molecule has 0 spiro atoms. The highest BCUT2D eigenvalue weighted by Crippen LogP contribution is 2.32. The van der Waals surface area contributed by atoms with Crippen LogP contribution in [0.15, 0.2) is 30.3 Å². The number of primary amides is 1. The van der Waals surface area contributed by atoms with Gasteiger partial charge in [0.05, 0.1) is 0 Å². The third kappa shape index (κ3) is 5.24. The topological polar surface area (TPSA) is 119 Å². The average molecular weight is 418 g/mol. The van der Waals surface area contributed by atoms with E-state index in [9.17, 15) is 19.2 Å². The first-order valence-electron chi connectivity index (χ1n) is 10.0. The average Bonchev–Trinajstić information content (AvgIpc) is 3.08. The fourth-order valence-corrected chi connectivity index (χ4v) is 3.35. The summed E-state index contributed by atoms with van der Waals surface area (Å²) in [6.45, 7) is 7.84. The minimum Gasteiger partial charge on any atom is -0.367 e. The zero-order chi connectivity index (χ0) is 22.6. The van der Waals surface area contributed by atoms with Gasteiger partial charge in [-0.25, -0.2) is 0 Å². The molecule has 0 bridgehead atoms. The van der Waals surface area contributed by atoms with Crippen molar-refractivity contribution in [1.29, 1.82) is 0 Å². The van der Waals surface area contributed by atoms with Crippen molar-refractivity contribution in [3.63, 3.8) is 0 Å². The van der Waals surface area contributed by atoms with Gasteiger partial charge in [0.15, 0.2) is 11.9 Å². The number of benzene rings is 1. The van der Waals surface area contributed by atoms with E-state index in [2.05, 4.69) is 5.32 Å². The first-order valence-corrected chi connectivity index (χ1v) is 10.0. The van der Waals surface area contributed by atoms with Crippen molar-refractivity contribution in [3.05, 3.63) is 35.9 Å². The van der Waals surface area contributed by atoms with Crippen LogP contribution in [-0.2, 0) is 19.1 Å². The molecule has 30 heavy (non-hydrogen) atoms. The highest BCUT2D eigenvalue weighted by atomic mass is 16.5. The molecule has 1 aromatic rings. The second-order valence-electron chi connectivity index (χ2n) is 8.73. The third-order valence-electron chi connectivity index (χ3n) is 6.00. The SMILES string of the molecule is CC(C)C(C)(C)C[C@H](NC(=O)c1ccccc1)C(=O)N(C)C1C(=O)COC1C(N)=O. The van der Waals surface area contributed by atoms with Crippen LogP contribution < -0.4 is 11.1 Å². The van der Waals surface area contributed by atoms with E-state index in [0.717, 1.165) is 0 Å². The standard InChI is InChI=1S/C22H31N3O5/c1-13(2)22(3,4)11-15(24-20(28)14-9-7-6-8-10-14)21(29)25(5)17-16(26)12-30-18(17)19(23)27/h6-10,13,15,17-18H,11-12H2,1-5H3,(H2,23,27)(H,24,28)/t15-,17?,18?/m0/s1. The second-order valence-corrected chi connectivity index (χ2v) is 8.73. The van der Waals surface area contributed by atoms with Gasteiger partial charge < -0.3 is 20.7 Å². The summed E-state index contributed by atoms with van der Waals surface area (Å²) in [5.74, 6) is -1.82. The van der Waals surface area contributed by atoms with Crippen LogP contribution in [0.5, 0.6) is 0 Å². The number of nitrogens with two attached hydrogens (primary N) is 1. The lowest BCUT2D eigenvalue weighted by atomic mass is 9.76. The van der Waals surface area contributed by atoms with Crippen LogP contribution in [-0.4, -0.2) is 60.2 Å². The number of nitrogens with zero attached hydrogens (tertiary/aromatic N) is 1. The fourth-order valence-electron chi connectivity index (χ4n) is 3.35. The Kier molecular flexibility index (Phi) is 7.36. The van der Waals surface area contributed by atoms with Crippen molar-refractivity contribution in [3.8, 4) is 0 Å². The smallest absolute Gasteiger partial charge is 0.251 e. The van der Waals surface area contributed by atoms with Gasteiger partial charge in [-0.15, -0.1) is 0 Å². The maximum Gasteiger partial charge on any atom is 0.251 e. The number of carbonyl (C=O) groups is 4. The van der Waals surface area contributed by atoms with Gasteiger partial charge >= 0.3 is 0 Å². The molecule has 0 aromatic heterocycles. The fraction of sp³-hybridized carbons (Fsp3) is 0.545. The molecule has 2 rings (SSSR count). The molecule has 0 radical (unpaired) electrons. The minimum absolute atomic E-state index is 0.238. The Morgan fingerprint density at radius 3 is 2.37 bits per heavy atom. The summed E-state index contributed by atoms with van der Waals surface area (Å²) in [7, 11) is 1.43. The molecule has 1 aliphatic rings. The molecule has 0 saturated carbocycles. The molecule has 164 valence electrons. The molecule has 3 N–H and O–H groups in total. The largest absolute Gasteiger partial charge is 0.367 e. The summed E-state index contributed by atoms with van der Waals surface area (Å²) < 4.78 is 5.17. The number of nitrogens with one attached hydrogen (secondary N) is 1. The van der Waals surface area contributed by atoms with E-state index >= 15 is 0 Å². The number of amides is 3. The van der Waals surface area contributed by atoms with Crippen LogP contribution in [0.2, 0.25) is 0 Å². The molecule has 1 aliphatic heterocycles. The summed E-state index contributed by atoms with van der Waals surface area (Å²) >= 11 is 0. The van der Waals surface area contributed by atoms with Gasteiger partial charge in [0.2, 0.25) is 11.8 Å². The Balaban J connectivity index is 2.30. The second kappa shape index (κ2) is 9.38. The Morgan fingerprint density at radius 2 is 1.83 bits per heavy atom. The first-order chi connectivity index (χ1) is 14.0. The quantitative estimate of drug-likeness (QED) is 0.657. The van der Waals surface area contributed by atoms with E-state index < -0.39 is 35.8 Å². The van der Waals surface area contributed by atoms with Gasteiger partial charge in [-0.3, -0.25) is 19.2 Å². The van der Waals surface area contributed by atoms with Crippen molar-refractivity contribution in [2.45, 2.75) is 52.3 Å². The highest BCUT2D eigenvalue weighted by Gasteiger charge is 2.45. The predicted molar refractivity (Wildman–Crippen MR) is 111 cm³/mol.